The predicted molar refractivity (Wildman–Crippen MR) is 87.6 cm³/mol. The number of thiazole rings is 1. The molecule has 0 fully saturated rings. The predicted octanol–water partition coefficient (Wildman–Crippen LogP) is 5.25. The standard InChI is InChI=1S/C16H14BrNOS/c1-10-7-12(8-11(2)16(10)17)19-9-15-18-13-5-3-4-6-14(13)20-15/h3-8H,9H2,1-2H3. The number of para-hydroxylation sites is 1. The van der Waals surface area contributed by atoms with Crippen molar-refractivity contribution >= 4 is 37.5 Å². The van der Waals surface area contributed by atoms with E-state index in [1.807, 2.05) is 30.3 Å². The highest BCUT2D eigenvalue weighted by molar-refractivity contribution is 9.10. The molecule has 20 heavy (non-hydrogen) atoms. The average Bonchev–Trinajstić information content (AvgIpc) is 2.85. The Labute approximate surface area is 130 Å². The van der Waals surface area contributed by atoms with E-state index in [-0.39, 0.29) is 0 Å². The van der Waals surface area contributed by atoms with Gasteiger partial charge in [-0.05, 0) is 49.2 Å². The van der Waals surface area contributed by atoms with Gasteiger partial charge in [0.2, 0.25) is 0 Å². The number of aromatic nitrogens is 1. The molecule has 0 saturated carbocycles. The van der Waals surface area contributed by atoms with Crippen molar-refractivity contribution in [2.24, 2.45) is 0 Å². The number of rotatable bonds is 3. The van der Waals surface area contributed by atoms with E-state index in [1.54, 1.807) is 11.3 Å². The Morgan fingerprint density at radius 3 is 2.55 bits per heavy atom. The monoisotopic (exact) mass is 347 g/mol. The first-order chi connectivity index (χ1) is 9.63. The molecule has 4 heteroatoms. The van der Waals surface area contributed by atoms with Crippen molar-refractivity contribution < 1.29 is 4.74 Å². The summed E-state index contributed by atoms with van der Waals surface area (Å²) in [7, 11) is 0. The van der Waals surface area contributed by atoms with Gasteiger partial charge < -0.3 is 4.74 Å². The van der Waals surface area contributed by atoms with Gasteiger partial charge in [-0.3, -0.25) is 0 Å². The van der Waals surface area contributed by atoms with E-state index in [0.717, 1.165) is 20.7 Å². The summed E-state index contributed by atoms with van der Waals surface area (Å²) in [6, 6.07) is 12.3. The molecule has 3 rings (SSSR count). The molecule has 3 aromatic rings. The topological polar surface area (TPSA) is 22.1 Å². The summed E-state index contributed by atoms with van der Waals surface area (Å²) in [5, 5.41) is 1.00. The minimum Gasteiger partial charge on any atom is -0.486 e. The smallest absolute Gasteiger partial charge is 0.140 e. The zero-order chi connectivity index (χ0) is 14.1. The van der Waals surface area contributed by atoms with Crippen LogP contribution in [0.2, 0.25) is 0 Å². The summed E-state index contributed by atoms with van der Waals surface area (Å²) in [6.45, 7) is 4.66. The first-order valence-corrected chi connectivity index (χ1v) is 7.98. The molecule has 0 unspecified atom stereocenters. The summed E-state index contributed by atoms with van der Waals surface area (Å²) >= 11 is 5.25. The minimum absolute atomic E-state index is 0.514. The summed E-state index contributed by atoms with van der Waals surface area (Å²) in [4.78, 5) is 4.57. The van der Waals surface area contributed by atoms with Crippen molar-refractivity contribution in [3.8, 4) is 5.75 Å². The third-order valence-electron chi connectivity index (χ3n) is 3.11. The first-order valence-electron chi connectivity index (χ1n) is 6.37. The molecule has 0 aliphatic rings. The van der Waals surface area contributed by atoms with Crippen LogP contribution in [0.5, 0.6) is 5.75 Å². The lowest BCUT2D eigenvalue weighted by molar-refractivity contribution is 0.305. The van der Waals surface area contributed by atoms with Crippen molar-refractivity contribution in [3.05, 3.63) is 57.0 Å². The van der Waals surface area contributed by atoms with Gasteiger partial charge in [-0.15, -0.1) is 11.3 Å². The molecule has 0 radical (unpaired) electrons. The van der Waals surface area contributed by atoms with Gasteiger partial charge in [-0.1, -0.05) is 28.1 Å². The fourth-order valence-corrected chi connectivity index (χ4v) is 3.23. The van der Waals surface area contributed by atoms with E-state index in [9.17, 15) is 0 Å². The van der Waals surface area contributed by atoms with Gasteiger partial charge in [0.15, 0.2) is 0 Å². The minimum atomic E-state index is 0.514. The second kappa shape index (κ2) is 5.54. The first kappa shape index (κ1) is 13.6. The molecule has 0 atom stereocenters. The van der Waals surface area contributed by atoms with Crippen LogP contribution in [0.15, 0.2) is 40.9 Å². The zero-order valence-electron chi connectivity index (χ0n) is 11.3. The number of fused-ring (bicyclic) bond motifs is 1. The third-order valence-corrected chi connectivity index (χ3v) is 5.37. The molecule has 0 amide bonds. The molecule has 0 aliphatic heterocycles. The molecule has 0 aliphatic carbocycles. The van der Waals surface area contributed by atoms with Gasteiger partial charge >= 0.3 is 0 Å². The molecule has 0 bridgehead atoms. The lowest BCUT2D eigenvalue weighted by Gasteiger charge is -2.08. The molecule has 102 valence electrons. The van der Waals surface area contributed by atoms with E-state index in [1.165, 1.54) is 15.8 Å². The van der Waals surface area contributed by atoms with Crippen LogP contribution in [0.4, 0.5) is 0 Å². The van der Waals surface area contributed by atoms with Crippen LogP contribution < -0.4 is 4.74 Å². The van der Waals surface area contributed by atoms with Gasteiger partial charge in [-0.2, -0.15) is 0 Å². The fourth-order valence-electron chi connectivity index (χ4n) is 2.12. The molecule has 1 heterocycles. The van der Waals surface area contributed by atoms with Crippen molar-refractivity contribution in [1.82, 2.24) is 4.98 Å². The molecule has 2 nitrogen and oxygen atoms in total. The second-order valence-electron chi connectivity index (χ2n) is 4.74. The third kappa shape index (κ3) is 2.72. The largest absolute Gasteiger partial charge is 0.486 e. The Morgan fingerprint density at radius 1 is 1.15 bits per heavy atom. The van der Waals surface area contributed by atoms with E-state index in [0.29, 0.717) is 6.61 Å². The van der Waals surface area contributed by atoms with Crippen molar-refractivity contribution in [1.29, 1.82) is 0 Å². The molecule has 2 aromatic carbocycles. The normalized spacial score (nSPS) is 10.9. The summed E-state index contributed by atoms with van der Waals surface area (Å²) < 4.78 is 8.21. The second-order valence-corrected chi connectivity index (χ2v) is 6.64. The quantitative estimate of drug-likeness (QED) is 0.645. The van der Waals surface area contributed by atoms with Gasteiger partial charge in [0.25, 0.3) is 0 Å². The van der Waals surface area contributed by atoms with E-state index < -0.39 is 0 Å². The van der Waals surface area contributed by atoms with Gasteiger partial charge in [0.05, 0.1) is 10.2 Å². The van der Waals surface area contributed by atoms with Crippen LogP contribution in [0.25, 0.3) is 10.2 Å². The van der Waals surface area contributed by atoms with Crippen LogP contribution in [0.3, 0.4) is 0 Å². The number of hydrogen-bond donors (Lipinski definition) is 0. The summed E-state index contributed by atoms with van der Waals surface area (Å²) in [5.41, 5.74) is 3.41. The Hall–Kier alpha value is -1.39. The van der Waals surface area contributed by atoms with Crippen molar-refractivity contribution in [2.45, 2.75) is 20.5 Å². The number of ether oxygens (including phenoxy) is 1. The van der Waals surface area contributed by atoms with Crippen molar-refractivity contribution in [3.63, 3.8) is 0 Å². The molecule has 0 spiro atoms. The number of hydrogen-bond acceptors (Lipinski definition) is 3. The number of benzene rings is 2. The van der Waals surface area contributed by atoms with Gasteiger partial charge in [0, 0.05) is 4.47 Å². The van der Waals surface area contributed by atoms with Gasteiger partial charge in [0.1, 0.15) is 17.4 Å². The highest BCUT2D eigenvalue weighted by Gasteiger charge is 2.06. The Balaban J connectivity index is 1.79. The van der Waals surface area contributed by atoms with E-state index in [4.69, 9.17) is 4.74 Å². The Bertz CT molecular complexity index is 710. The number of halogens is 1. The lowest BCUT2D eigenvalue weighted by Crippen LogP contribution is -1.96. The number of nitrogens with zero attached hydrogens (tertiary/aromatic N) is 1. The maximum atomic E-state index is 5.87. The molecular formula is C16H14BrNOS. The fraction of sp³-hybridized carbons (Fsp3) is 0.188. The average molecular weight is 348 g/mol. The lowest BCUT2D eigenvalue weighted by atomic mass is 10.1. The zero-order valence-corrected chi connectivity index (χ0v) is 13.7. The molecule has 0 saturated heterocycles. The maximum absolute atomic E-state index is 5.87. The molecular weight excluding hydrogens is 334 g/mol. The van der Waals surface area contributed by atoms with Crippen LogP contribution in [-0.4, -0.2) is 4.98 Å². The van der Waals surface area contributed by atoms with Crippen LogP contribution in [0, 0.1) is 13.8 Å². The van der Waals surface area contributed by atoms with Crippen molar-refractivity contribution in [2.75, 3.05) is 0 Å². The van der Waals surface area contributed by atoms with Crippen LogP contribution >= 0.6 is 27.3 Å². The summed E-state index contributed by atoms with van der Waals surface area (Å²) in [6.07, 6.45) is 0. The number of aryl methyl sites for hydroxylation is 2. The van der Waals surface area contributed by atoms with E-state index in [2.05, 4.69) is 40.8 Å². The Kier molecular flexibility index (Phi) is 3.76. The highest BCUT2D eigenvalue weighted by Crippen LogP contribution is 2.28. The van der Waals surface area contributed by atoms with Crippen LogP contribution in [0.1, 0.15) is 16.1 Å². The Morgan fingerprint density at radius 2 is 1.85 bits per heavy atom. The van der Waals surface area contributed by atoms with E-state index >= 15 is 0 Å². The molecule has 1 aromatic heterocycles. The maximum Gasteiger partial charge on any atom is 0.140 e. The van der Waals surface area contributed by atoms with Gasteiger partial charge in [-0.25, -0.2) is 4.98 Å². The van der Waals surface area contributed by atoms with Crippen LogP contribution in [-0.2, 0) is 6.61 Å². The SMILES string of the molecule is Cc1cc(OCc2nc3ccccc3s2)cc(C)c1Br. The summed E-state index contributed by atoms with van der Waals surface area (Å²) in [5.74, 6) is 0.891. The highest BCUT2D eigenvalue weighted by atomic mass is 79.9. The molecule has 0 N–H and O–H groups in total.